The average Bonchev–Trinajstić information content (AvgIpc) is 3.22. The smallest absolute Gasteiger partial charge is 0.144 e. The summed E-state index contributed by atoms with van der Waals surface area (Å²) in [5.74, 6) is 2.02. The van der Waals surface area contributed by atoms with Crippen molar-refractivity contribution in [2.45, 2.75) is 25.3 Å². The van der Waals surface area contributed by atoms with Crippen LogP contribution in [-0.4, -0.2) is 19.1 Å². The molecule has 1 nitrogen and oxygen atoms in total. The van der Waals surface area contributed by atoms with Gasteiger partial charge in [0.25, 0.3) is 0 Å². The third kappa shape index (κ3) is 1.56. The molecule has 0 aromatic heterocycles. The van der Waals surface area contributed by atoms with Crippen LogP contribution in [0.15, 0.2) is 18.2 Å². The molecule has 0 N–H and O–H groups in total. The van der Waals surface area contributed by atoms with Crippen LogP contribution in [0.25, 0.3) is 0 Å². The van der Waals surface area contributed by atoms with E-state index < -0.39 is 0 Å². The molecule has 3 aliphatic rings. The van der Waals surface area contributed by atoms with E-state index in [1.54, 1.807) is 0 Å². The van der Waals surface area contributed by atoms with Crippen molar-refractivity contribution in [2.75, 3.05) is 13.1 Å². The molecule has 0 radical (unpaired) electrons. The largest absolute Gasteiger partial charge is 0.279 e. The van der Waals surface area contributed by atoms with Crippen molar-refractivity contribution in [1.29, 1.82) is 0 Å². The monoisotopic (exact) mass is 268 g/mol. The highest BCUT2D eigenvalue weighted by Gasteiger charge is 2.64. The van der Waals surface area contributed by atoms with Gasteiger partial charge < -0.3 is 0 Å². The van der Waals surface area contributed by atoms with Crippen molar-refractivity contribution in [3.8, 4) is 0 Å². The molecular weight excluding hydrogens is 253 g/mol. The van der Waals surface area contributed by atoms with Gasteiger partial charge in [-0.05, 0) is 24.8 Å². The lowest BCUT2D eigenvalue weighted by Crippen LogP contribution is -2.28. The molecule has 1 aromatic carbocycles. The summed E-state index contributed by atoms with van der Waals surface area (Å²) in [7, 11) is 0. The van der Waals surface area contributed by atoms with Crippen LogP contribution in [0, 0.1) is 11.8 Å². The van der Waals surface area contributed by atoms with Gasteiger partial charge in [0.1, 0.15) is 18.3 Å². The number of nitrogens with zero attached hydrogens (tertiary/aromatic N) is 1. The molecule has 4 rings (SSSR count). The number of rotatable bonds is 2. The van der Waals surface area contributed by atoms with Crippen molar-refractivity contribution in [3.63, 3.8) is 0 Å². The Bertz CT molecular complexity index is 483. The van der Waals surface area contributed by atoms with Crippen LogP contribution in [0.5, 0.6) is 0 Å². The quantitative estimate of drug-likeness (QED) is 0.560. The first-order chi connectivity index (χ1) is 8.19. The summed E-state index contributed by atoms with van der Waals surface area (Å²) in [5, 5.41) is 1.38. The van der Waals surface area contributed by atoms with E-state index in [1.807, 2.05) is 6.07 Å². The van der Waals surface area contributed by atoms with Gasteiger partial charge in [-0.3, -0.25) is 4.48 Å². The second kappa shape index (κ2) is 3.40. The molecule has 2 heterocycles. The molecule has 3 fully saturated rings. The Balaban J connectivity index is 1.64. The van der Waals surface area contributed by atoms with Crippen LogP contribution in [0.1, 0.15) is 19.3 Å². The van der Waals surface area contributed by atoms with E-state index in [1.165, 1.54) is 42.5 Å². The zero-order valence-electron chi connectivity index (χ0n) is 9.70. The third-order valence-electron chi connectivity index (χ3n) is 4.94. The van der Waals surface area contributed by atoms with Crippen LogP contribution >= 0.6 is 23.2 Å². The molecule has 3 atom stereocenters. The van der Waals surface area contributed by atoms with E-state index in [0.29, 0.717) is 10.0 Å². The Hall–Kier alpha value is -0.240. The number of piperidine rings is 1. The molecule has 1 saturated carbocycles. The van der Waals surface area contributed by atoms with E-state index in [-0.39, 0.29) is 0 Å². The first kappa shape index (κ1) is 10.7. The Morgan fingerprint density at radius 1 is 1.00 bits per heavy atom. The van der Waals surface area contributed by atoms with E-state index >= 15 is 0 Å². The van der Waals surface area contributed by atoms with Gasteiger partial charge in [-0.1, -0.05) is 23.2 Å². The normalized spacial score (nSPS) is 39.2. The summed E-state index contributed by atoms with van der Waals surface area (Å²) >= 11 is 12.1. The summed E-state index contributed by atoms with van der Waals surface area (Å²) in [6.07, 6.45) is 4.38. The molecule has 3 heteroatoms. The number of halogens is 2. The average molecular weight is 269 g/mol. The zero-order chi connectivity index (χ0) is 11.6. The Morgan fingerprint density at radius 3 is 2.53 bits per heavy atom. The minimum Gasteiger partial charge on any atom is -0.279 e. The van der Waals surface area contributed by atoms with Crippen LogP contribution < -0.4 is 4.48 Å². The fraction of sp³-hybridized carbons (Fsp3) is 0.571. The van der Waals surface area contributed by atoms with Crippen LogP contribution in [-0.2, 0) is 0 Å². The third-order valence-corrected chi connectivity index (χ3v) is 5.68. The summed E-state index contributed by atoms with van der Waals surface area (Å²) in [6.45, 7) is 2.66. The maximum absolute atomic E-state index is 6.14. The summed E-state index contributed by atoms with van der Waals surface area (Å²) in [6, 6.07) is 7.08. The summed E-state index contributed by atoms with van der Waals surface area (Å²) < 4.78 is 1.19. The molecule has 0 bridgehead atoms. The van der Waals surface area contributed by atoms with Crippen molar-refractivity contribution in [1.82, 2.24) is 4.48 Å². The van der Waals surface area contributed by atoms with Gasteiger partial charge in [-0.25, -0.2) is 0 Å². The Morgan fingerprint density at radius 2 is 1.82 bits per heavy atom. The van der Waals surface area contributed by atoms with Gasteiger partial charge in [0.2, 0.25) is 0 Å². The molecule has 17 heavy (non-hydrogen) atoms. The highest BCUT2D eigenvalue weighted by molar-refractivity contribution is 6.42. The van der Waals surface area contributed by atoms with Crippen molar-refractivity contribution < 1.29 is 0 Å². The number of hydrogen-bond donors (Lipinski definition) is 0. The van der Waals surface area contributed by atoms with Crippen LogP contribution in [0.4, 0.5) is 5.69 Å². The maximum Gasteiger partial charge on any atom is 0.144 e. The second-order valence-electron chi connectivity index (χ2n) is 5.98. The van der Waals surface area contributed by atoms with Crippen molar-refractivity contribution >= 4 is 28.9 Å². The summed E-state index contributed by atoms with van der Waals surface area (Å²) in [4.78, 5) is 0. The predicted octanol–water partition coefficient (Wildman–Crippen LogP) is 4.11. The molecule has 1 unspecified atom stereocenters. The molecule has 0 spiro atoms. The van der Waals surface area contributed by atoms with E-state index in [9.17, 15) is 0 Å². The van der Waals surface area contributed by atoms with Gasteiger partial charge in [-0.15, -0.1) is 0 Å². The van der Waals surface area contributed by atoms with Crippen molar-refractivity contribution in [3.05, 3.63) is 28.2 Å². The fourth-order valence-corrected chi connectivity index (χ4v) is 4.06. The predicted molar refractivity (Wildman–Crippen MR) is 72.6 cm³/mol. The zero-order valence-corrected chi connectivity index (χ0v) is 11.2. The van der Waals surface area contributed by atoms with E-state index in [2.05, 4.69) is 12.1 Å². The molecule has 0 amide bonds. The highest BCUT2D eigenvalue weighted by Crippen LogP contribution is 2.54. The minimum atomic E-state index is 0.671. The first-order valence-corrected chi connectivity index (χ1v) is 7.27. The second-order valence-corrected chi connectivity index (χ2v) is 6.80. The van der Waals surface area contributed by atoms with Crippen LogP contribution in [0.2, 0.25) is 10.0 Å². The lowest BCUT2D eigenvalue weighted by molar-refractivity contribution is 0.430. The molecule has 2 aliphatic heterocycles. The lowest BCUT2D eigenvalue weighted by Gasteiger charge is -2.18. The summed E-state index contributed by atoms with van der Waals surface area (Å²) in [5.41, 5.74) is 1.38. The lowest BCUT2D eigenvalue weighted by atomic mass is 10.00. The van der Waals surface area contributed by atoms with Gasteiger partial charge in [-0.2, -0.15) is 0 Å². The molecule has 90 valence electrons. The highest BCUT2D eigenvalue weighted by atomic mass is 35.5. The maximum atomic E-state index is 6.14. The number of hydrogen-bond acceptors (Lipinski definition) is 0. The van der Waals surface area contributed by atoms with Gasteiger partial charge in [0.15, 0.2) is 0 Å². The first-order valence-electron chi connectivity index (χ1n) is 6.51. The van der Waals surface area contributed by atoms with Crippen LogP contribution in [0.3, 0.4) is 0 Å². The standard InChI is InChI=1S/C14H16Cl2N/c15-13-4-3-11(6-14(13)16)17-7-10(9-1-2-9)5-12(17)8-17/h3-4,6,9-10,12H,1-2,5,7-8H2/q+1/t10?,12-,17-/m1/s1. The fourth-order valence-electron chi connectivity index (χ4n) is 3.76. The van der Waals surface area contributed by atoms with Crippen molar-refractivity contribution in [2.24, 2.45) is 11.8 Å². The SMILES string of the molecule is Clc1ccc([N@+]23CC(C4CC4)C[C@@H]2C3)cc1Cl. The molecule has 1 aliphatic carbocycles. The van der Waals surface area contributed by atoms with E-state index in [0.717, 1.165) is 17.9 Å². The Labute approximate surface area is 112 Å². The van der Waals surface area contributed by atoms with Gasteiger partial charge in [0.05, 0.1) is 16.6 Å². The molecule has 1 aromatic rings. The minimum absolute atomic E-state index is 0.671. The van der Waals surface area contributed by atoms with Gasteiger partial charge in [0, 0.05) is 24.5 Å². The van der Waals surface area contributed by atoms with Gasteiger partial charge >= 0.3 is 0 Å². The number of quaternary nitrogens is 1. The number of benzene rings is 1. The topological polar surface area (TPSA) is 0 Å². The van der Waals surface area contributed by atoms with E-state index in [4.69, 9.17) is 23.2 Å². The molecular formula is C14H16Cl2N+. The number of fused-ring (bicyclic) bond motifs is 1. The Kier molecular flexibility index (Phi) is 2.13. The molecule has 2 saturated heterocycles.